The maximum absolute atomic E-state index is 10.7. The van der Waals surface area contributed by atoms with Gasteiger partial charge in [-0.3, -0.25) is 0 Å². The minimum Gasteiger partial charge on any atom is -0.497 e. The number of guanidine groups is 1. The third kappa shape index (κ3) is 6.32. The first-order valence-electron chi connectivity index (χ1n) is 9.36. The molecule has 3 aromatic rings. The molecule has 0 aliphatic carbocycles. The Kier molecular flexibility index (Phi) is 8.73. The molecule has 7 heteroatoms. The van der Waals surface area contributed by atoms with Gasteiger partial charge < -0.3 is 20.5 Å². The van der Waals surface area contributed by atoms with Crippen LogP contribution in [0.4, 0.5) is 0 Å². The summed E-state index contributed by atoms with van der Waals surface area (Å²) in [6.07, 6.45) is 0. The Balaban J connectivity index is 0.00000300. The van der Waals surface area contributed by atoms with Crippen LogP contribution in [0.1, 0.15) is 25.0 Å². The average Bonchev–Trinajstić information content (AvgIpc) is 3.25. The van der Waals surface area contributed by atoms with Crippen molar-refractivity contribution < 1.29 is 9.84 Å². The molecule has 5 nitrogen and oxygen atoms in total. The highest BCUT2D eigenvalue weighted by Gasteiger charge is 2.23. The molecule has 0 saturated heterocycles. The normalized spacial score (nSPS) is 13.4. The van der Waals surface area contributed by atoms with Crippen LogP contribution in [0.3, 0.4) is 0 Å². The van der Waals surface area contributed by atoms with Crippen LogP contribution in [0, 0.1) is 0 Å². The number of aliphatic hydroxyl groups is 1. The third-order valence-corrected chi connectivity index (χ3v) is 5.30. The number of nitrogens with one attached hydrogen (secondary N) is 2. The van der Waals surface area contributed by atoms with E-state index in [0.29, 0.717) is 19.0 Å². The van der Waals surface area contributed by atoms with Gasteiger partial charge in [-0.1, -0.05) is 18.2 Å². The van der Waals surface area contributed by atoms with Crippen LogP contribution in [0.15, 0.2) is 58.2 Å². The Morgan fingerprint density at radius 2 is 1.90 bits per heavy atom. The molecule has 0 aliphatic rings. The van der Waals surface area contributed by atoms with Crippen LogP contribution < -0.4 is 15.4 Å². The highest BCUT2D eigenvalue weighted by Crippen LogP contribution is 2.23. The summed E-state index contributed by atoms with van der Waals surface area (Å²) in [7, 11) is 1.68. The summed E-state index contributed by atoms with van der Waals surface area (Å²) in [4.78, 5) is 4.67. The number of fused-ring (bicyclic) bond motifs is 1. The van der Waals surface area contributed by atoms with Crippen molar-refractivity contribution in [3.05, 3.63) is 64.4 Å². The molecule has 0 amide bonds. The van der Waals surface area contributed by atoms with E-state index >= 15 is 0 Å². The predicted molar refractivity (Wildman–Crippen MR) is 133 cm³/mol. The summed E-state index contributed by atoms with van der Waals surface area (Å²) in [5.74, 6) is 1.54. The van der Waals surface area contributed by atoms with Crippen molar-refractivity contribution in [1.82, 2.24) is 10.6 Å². The quantitative estimate of drug-likeness (QED) is 0.242. The van der Waals surface area contributed by atoms with E-state index in [-0.39, 0.29) is 24.0 Å². The number of thiophene rings is 1. The predicted octanol–water partition coefficient (Wildman–Crippen LogP) is 4.49. The van der Waals surface area contributed by atoms with E-state index in [1.807, 2.05) is 42.8 Å². The summed E-state index contributed by atoms with van der Waals surface area (Å²) in [6, 6.07) is 14.3. The summed E-state index contributed by atoms with van der Waals surface area (Å²) in [5.41, 5.74) is 1.09. The van der Waals surface area contributed by atoms with Crippen LogP contribution in [-0.4, -0.2) is 31.3 Å². The molecule has 0 bridgehead atoms. The molecule has 3 rings (SSSR count). The molecule has 29 heavy (non-hydrogen) atoms. The van der Waals surface area contributed by atoms with Gasteiger partial charge in [0.1, 0.15) is 11.4 Å². The van der Waals surface area contributed by atoms with Crippen molar-refractivity contribution in [2.45, 2.75) is 26.0 Å². The number of nitrogens with zero attached hydrogens (tertiary/aromatic N) is 1. The Labute approximate surface area is 193 Å². The van der Waals surface area contributed by atoms with E-state index in [1.165, 1.54) is 0 Å². The first-order chi connectivity index (χ1) is 13.5. The third-order valence-electron chi connectivity index (χ3n) is 4.62. The number of ether oxygens (including phenoxy) is 1. The number of hydrogen-bond acceptors (Lipinski definition) is 4. The van der Waals surface area contributed by atoms with Crippen LogP contribution >= 0.6 is 35.3 Å². The molecule has 1 atom stereocenters. The minimum absolute atomic E-state index is 0. The van der Waals surface area contributed by atoms with Crippen molar-refractivity contribution in [2.75, 3.05) is 20.2 Å². The highest BCUT2D eigenvalue weighted by molar-refractivity contribution is 14.0. The monoisotopic (exact) mass is 525 g/mol. The number of benzene rings is 2. The fourth-order valence-corrected chi connectivity index (χ4v) is 3.72. The smallest absolute Gasteiger partial charge is 0.191 e. The standard InChI is InChI=1S/C22H27N3O2S.HI/c1-4-23-21(25-15-22(2,26)19-9-10-28-14-19)24-13-16-5-6-18-12-20(27-3)8-7-17(18)11-16;/h5-12,14,26H,4,13,15H2,1-3H3,(H2,23,24,25);1H. The van der Waals surface area contributed by atoms with E-state index in [1.54, 1.807) is 18.4 Å². The number of hydrogen-bond donors (Lipinski definition) is 3. The summed E-state index contributed by atoms with van der Waals surface area (Å²) >= 11 is 1.58. The van der Waals surface area contributed by atoms with Gasteiger partial charge in [-0.25, -0.2) is 4.99 Å². The second-order valence-electron chi connectivity index (χ2n) is 6.88. The molecule has 0 aliphatic heterocycles. The first kappa shape index (κ1) is 23.4. The van der Waals surface area contributed by atoms with Gasteiger partial charge >= 0.3 is 0 Å². The van der Waals surface area contributed by atoms with Gasteiger partial charge in [0.2, 0.25) is 0 Å². The molecule has 2 aromatic carbocycles. The maximum atomic E-state index is 10.7. The van der Waals surface area contributed by atoms with Gasteiger partial charge in [-0.2, -0.15) is 11.3 Å². The van der Waals surface area contributed by atoms with E-state index in [2.05, 4.69) is 39.9 Å². The summed E-state index contributed by atoms with van der Waals surface area (Å²) < 4.78 is 5.28. The lowest BCUT2D eigenvalue weighted by molar-refractivity contribution is 0.0621. The number of rotatable bonds is 7. The molecule has 1 heterocycles. The van der Waals surface area contributed by atoms with Crippen molar-refractivity contribution in [1.29, 1.82) is 0 Å². The van der Waals surface area contributed by atoms with Crippen molar-refractivity contribution in [2.24, 2.45) is 4.99 Å². The van der Waals surface area contributed by atoms with Crippen molar-refractivity contribution in [3.63, 3.8) is 0 Å². The van der Waals surface area contributed by atoms with Gasteiger partial charge in [0.05, 0.1) is 20.2 Å². The lowest BCUT2D eigenvalue weighted by atomic mass is 9.99. The SMILES string of the molecule is CCNC(=NCc1ccc2cc(OC)ccc2c1)NCC(C)(O)c1ccsc1.I. The fourth-order valence-electron chi connectivity index (χ4n) is 2.94. The van der Waals surface area contributed by atoms with Gasteiger partial charge in [0.15, 0.2) is 5.96 Å². The second kappa shape index (κ2) is 10.8. The molecular weight excluding hydrogens is 497 g/mol. The van der Waals surface area contributed by atoms with Crippen molar-refractivity contribution >= 4 is 52.0 Å². The molecule has 0 saturated carbocycles. The van der Waals surface area contributed by atoms with E-state index in [0.717, 1.165) is 34.2 Å². The molecule has 0 fully saturated rings. The van der Waals surface area contributed by atoms with Crippen LogP contribution in [0.2, 0.25) is 0 Å². The lowest BCUT2D eigenvalue weighted by Crippen LogP contribution is -2.44. The van der Waals surface area contributed by atoms with Crippen molar-refractivity contribution in [3.8, 4) is 5.75 Å². The van der Waals surface area contributed by atoms with Gasteiger partial charge in [0.25, 0.3) is 0 Å². The highest BCUT2D eigenvalue weighted by atomic mass is 127. The summed E-state index contributed by atoms with van der Waals surface area (Å²) in [5, 5.41) is 23.4. The number of methoxy groups -OCH3 is 1. The van der Waals surface area contributed by atoms with E-state index < -0.39 is 5.60 Å². The first-order valence-corrected chi connectivity index (χ1v) is 10.3. The zero-order valence-corrected chi connectivity index (χ0v) is 20.1. The zero-order chi connectivity index (χ0) is 20.0. The fraction of sp³-hybridized carbons (Fsp3) is 0.318. The Morgan fingerprint density at radius 1 is 1.14 bits per heavy atom. The molecule has 156 valence electrons. The van der Waals surface area contributed by atoms with Gasteiger partial charge in [0, 0.05) is 6.54 Å². The van der Waals surface area contributed by atoms with Crippen LogP contribution in [0.25, 0.3) is 10.8 Å². The van der Waals surface area contributed by atoms with E-state index in [9.17, 15) is 5.11 Å². The number of halogens is 1. The van der Waals surface area contributed by atoms with Gasteiger partial charge in [-0.05, 0) is 70.8 Å². The molecule has 0 spiro atoms. The maximum Gasteiger partial charge on any atom is 0.191 e. The molecule has 0 radical (unpaired) electrons. The minimum atomic E-state index is -0.946. The number of aliphatic imine (C=N–C) groups is 1. The Morgan fingerprint density at radius 3 is 2.59 bits per heavy atom. The lowest BCUT2D eigenvalue weighted by Gasteiger charge is -2.24. The average molecular weight is 525 g/mol. The zero-order valence-electron chi connectivity index (χ0n) is 16.9. The molecule has 1 aromatic heterocycles. The van der Waals surface area contributed by atoms with Gasteiger partial charge in [-0.15, -0.1) is 24.0 Å². The van der Waals surface area contributed by atoms with Crippen LogP contribution in [0.5, 0.6) is 5.75 Å². The van der Waals surface area contributed by atoms with Crippen LogP contribution in [-0.2, 0) is 12.1 Å². The second-order valence-corrected chi connectivity index (χ2v) is 7.66. The molecule has 1 unspecified atom stereocenters. The topological polar surface area (TPSA) is 65.9 Å². The largest absolute Gasteiger partial charge is 0.497 e. The van der Waals surface area contributed by atoms with E-state index in [4.69, 9.17) is 4.74 Å². The Hall–Kier alpha value is -1.84. The summed E-state index contributed by atoms with van der Waals surface area (Å²) in [6.45, 7) is 5.52. The Bertz CT molecular complexity index is 942. The molecule has 3 N–H and O–H groups in total. The molecular formula is C22H28IN3O2S.